The Hall–Kier alpha value is -2.43. The van der Waals surface area contributed by atoms with Crippen LogP contribution in [0.25, 0.3) is 0 Å². The minimum atomic E-state index is -1.32. The molecule has 0 spiro atoms. The van der Waals surface area contributed by atoms with Gasteiger partial charge in [-0.05, 0) is 29.8 Å². The standard InChI is InChI=1S/C15H13F2NO2/c1-18(14-5-3-2-4-13(14)17)9-10-6-7-12(16)11(8-10)15(19)20/h2-8H,9H2,1H3,(H,19,20). The lowest BCUT2D eigenvalue weighted by molar-refractivity contribution is 0.0691. The molecule has 0 saturated carbocycles. The molecular weight excluding hydrogens is 264 g/mol. The SMILES string of the molecule is CN(Cc1ccc(F)c(C(=O)O)c1)c1ccccc1F. The van der Waals surface area contributed by atoms with Gasteiger partial charge in [0.05, 0.1) is 11.3 Å². The summed E-state index contributed by atoms with van der Waals surface area (Å²) in [6, 6.07) is 10.1. The predicted octanol–water partition coefficient (Wildman–Crippen LogP) is 3.30. The van der Waals surface area contributed by atoms with E-state index in [9.17, 15) is 13.6 Å². The van der Waals surface area contributed by atoms with Crippen LogP contribution in [-0.2, 0) is 6.54 Å². The van der Waals surface area contributed by atoms with E-state index in [0.717, 1.165) is 6.07 Å². The second-order valence-electron chi connectivity index (χ2n) is 4.43. The van der Waals surface area contributed by atoms with Crippen LogP contribution in [0.1, 0.15) is 15.9 Å². The van der Waals surface area contributed by atoms with Gasteiger partial charge in [-0.1, -0.05) is 18.2 Å². The molecule has 5 heteroatoms. The van der Waals surface area contributed by atoms with Gasteiger partial charge in [0.15, 0.2) is 0 Å². The Morgan fingerprint density at radius 3 is 2.50 bits per heavy atom. The summed E-state index contributed by atoms with van der Waals surface area (Å²) in [6.45, 7) is 0.279. The highest BCUT2D eigenvalue weighted by molar-refractivity contribution is 5.88. The maximum atomic E-state index is 13.6. The van der Waals surface area contributed by atoms with Crippen molar-refractivity contribution < 1.29 is 18.7 Å². The van der Waals surface area contributed by atoms with Crippen LogP contribution in [-0.4, -0.2) is 18.1 Å². The van der Waals surface area contributed by atoms with E-state index in [4.69, 9.17) is 5.11 Å². The fourth-order valence-electron chi connectivity index (χ4n) is 1.96. The molecule has 0 aliphatic rings. The molecule has 0 amide bonds. The van der Waals surface area contributed by atoms with Crippen LogP contribution in [0, 0.1) is 11.6 Å². The van der Waals surface area contributed by atoms with Crippen molar-refractivity contribution >= 4 is 11.7 Å². The first-order chi connectivity index (χ1) is 9.49. The smallest absolute Gasteiger partial charge is 0.338 e. The molecule has 0 radical (unpaired) electrons. The molecule has 2 aromatic rings. The van der Waals surface area contributed by atoms with Crippen molar-refractivity contribution in [1.82, 2.24) is 0 Å². The summed E-state index contributed by atoms with van der Waals surface area (Å²) in [6.07, 6.45) is 0. The van der Waals surface area contributed by atoms with Gasteiger partial charge in [0.1, 0.15) is 11.6 Å². The lowest BCUT2D eigenvalue weighted by Crippen LogP contribution is -2.18. The zero-order chi connectivity index (χ0) is 14.7. The lowest BCUT2D eigenvalue weighted by Gasteiger charge is -2.20. The van der Waals surface area contributed by atoms with Crippen molar-refractivity contribution in [2.75, 3.05) is 11.9 Å². The fourth-order valence-corrected chi connectivity index (χ4v) is 1.96. The summed E-state index contributed by atoms with van der Waals surface area (Å²) in [7, 11) is 1.68. The van der Waals surface area contributed by atoms with Crippen LogP contribution in [0.4, 0.5) is 14.5 Å². The van der Waals surface area contributed by atoms with Crippen molar-refractivity contribution in [2.24, 2.45) is 0 Å². The molecule has 20 heavy (non-hydrogen) atoms. The van der Waals surface area contributed by atoms with Crippen molar-refractivity contribution in [2.45, 2.75) is 6.54 Å². The number of carbonyl (C=O) groups is 1. The largest absolute Gasteiger partial charge is 0.478 e. The van der Waals surface area contributed by atoms with Crippen molar-refractivity contribution in [3.63, 3.8) is 0 Å². The van der Waals surface area contributed by atoms with E-state index in [2.05, 4.69) is 0 Å². The van der Waals surface area contributed by atoms with Crippen LogP contribution in [0.5, 0.6) is 0 Å². The number of rotatable bonds is 4. The minimum absolute atomic E-state index is 0.279. The molecule has 0 saturated heterocycles. The van der Waals surface area contributed by atoms with E-state index in [-0.39, 0.29) is 17.9 Å². The monoisotopic (exact) mass is 277 g/mol. The normalized spacial score (nSPS) is 10.3. The number of para-hydroxylation sites is 1. The zero-order valence-electron chi connectivity index (χ0n) is 10.8. The molecule has 0 fully saturated rings. The van der Waals surface area contributed by atoms with Gasteiger partial charge < -0.3 is 10.0 Å². The first kappa shape index (κ1) is 14.0. The fraction of sp³-hybridized carbons (Fsp3) is 0.133. The van der Waals surface area contributed by atoms with E-state index in [1.807, 2.05) is 0 Å². The third kappa shape index (κ3) is 2.93. The second-order valence-corrected chi connectivity index (χ2v) is 4.43. The van der Waals surface area contributed by atoms with E-state index in [1.54, 1.807) is 30.1 Å². The number of halogens is 2. The number of hydrogen-bond acceptors (Lipinski definition) is 2. The topological polar surface area (TPSA) is 40.5 Å². The Balaban J connectivity index is 2.24. The van der Waals surface area contributed by atoms with Gasteiger partial charge in [0.2, 0.25) is 0 Å². The van der Waals surface area contributed by atoms with Crippen LogP contribution in [0.2, 0.25) is 0 Å². The Morgan fingerprint density at radius 1 is 1.15 bits per heavy atom. The molecule has 0 unspecified atom stereocenters. The molecule has 0 aromatic heterocycles. The third-order valence-electron chi connectivity index (χ3n) is 2.94. The molecule has 104 valence electrons. The Labute approximate surface area is 115 Å². The molecule has 1 N–H and O–H groups in total. The highest BCUT2D eigenvalue weighted by Crippen LogP contribution is 2.20. The first-order valence-corrected chi connectivity index (χ1v) is 5.96. The Bertz CT molecular complexity index is 644. The summed E-state index contributed by atoms with van der Waals surface area (Å²) < 4.78 is 26.9. The van der Waals surface area contributed by atoms with Crippen molar-refractivity contribution in [3.05, 3.63) is 65.2 Å². The minimum Gasteiger partial charge on any atom is -0.478 e. The highest BCUT2D eigenvalue weighted by atomic mass is 19.1. The number of anilines is 1. The Morgan fingerprint density at radius 2 is 1.85 bits per heavy atom. The summed E-state index contributed by atoms with van der Waals surface area (Å²) in [5.74, 6) is -2.47. The lowest BCUT2D eigenvalue weighted by atomic mass is 10.1. The summed E-state index contributed by atoms with van der Waals surface area (Å²) in [5.41, 5.74) is 0.604. The molecule has 0 atom stereocenters. The predicted molar refractivity (Wildman–Crippen MR) is 71.9 cm³/mol. The van der Waals surface area contributed by atoms with Gasteiger partial charge in [-0.3, -0.25) is 0 Å². The summed E-state index contributed by atoms with van der Waals surface area (Å²) in [5, 5.41) is 8.87. The highest BCUT2D eigenvalue weighted by Gasteiger charge is 2.13. The number of nitrogens with zero attached hydrogens (tertiary/aromatic N) is 1. The second kappa shape index (κ2) is 5.69. The Kier molecular flexibility index (Phi) is 3.98. The van der Waals surface area contributed by atoms with Gasteiger partial charge in [-0.25, -0.2) is 13.6 Å². The van der Waals surface area contributed by atoms with Crippen LogP contribution >= 0.6 is 0 Å². The van der Waals surface area contributed by atoms with Gasteiger partial charge >= 0.3 is 5.97 Å². The molecule has 0 heterocycles. The van der Waals surface area contributed by atoms with E-state index >= 15 is 0 Å². The van der Waals surface area contributed by atoms with Gasteiger partial charge in [0, 0.05) is 13.6 Å². The molecule has 2 aromatic carbocycles. The number of aromatic carboxylic acids is 1. The molecule has 3 nitrogen and oxygen atoms in total. The van der Waals surface area contributed by atoms with E-state index < -0.39 is 11.8 Å². The third-order valence-corrected chi connectivity index (χ3v) is 2.94. The van der Waals surface area contributed by atoms with Crippen molar-refractivity contribution in [1.29, 1.82) is 0 Å². The maximum absolute atomic E-state index is 13.6. The number of benzene rings is 2. The van der Waals surface area contributed by atoms with E-state index in [0.29, 0.717) is 11.3 Å². The van der Waals surface area contributed by atoms with Gasteiger partial charge in [-0.2, -0.15) is 0 Å². The molecular formula is C15H13F2NO2. The quantitative estimate of drug-likeness (QED) is 0.932. The summed E-state index contributed by atoms with van der Waals surface area (Å²) >= 11 is 0. The number of carboxylic acids is 1. The molecule has 2 rings (SSSR count). The summed E-state index contributed by atoms with van der Waals surface area (Å²) in [4.78, 5) is 12.5. The van der Waals surface area contributed by atoms with Crippen LogP contribution in [0.3, 0.4) is 0 Å². The average Bonchev–Trinajstić information content (AvgIpc) is 2.41. The first-order valence-electron chi connectivity index (χ1n) is 5.96. The van der Waals surface area contributed by atoms with E-state index in [1.165, 1.54) is 18.2 Å². The van der Waals surface area contributed by atoms with Gasteiger partial charge in [0.25, 0.3) is 0 Å². The van der Waals surface area contributed by atoms with Gasteiger partial charge in [-0.15, -0.1) is 0 Å². The number of hydrogen-bond donors (Lipinski definition) is 1. The molecule has 0 bridgehead atoms. The van der Waals surface area contributed by atoms with Crippen LogP contribution in [0.15, 0.2) is 42.5 Å². The molecule has 0 aliphatic heterocycles. The number of carboxylic acid groups (broad SMARTS) is 1. The average molecular weight is 277 g/mol. The molecule has 0 aliphatic carbocycles. The zero-order valence-corrected chi connectivity index (χ0v) is 10.8. The van der Waals surface area contributed by atoms with Crippen LogP contribution < -0.4 is 4.90 Å². The van der Waals surface area contributed by atoms with Crippen molar-refractivity contribution in [3.8, 4) is 0 Å². The maximum Gasteiger partial charge on any atom is 0.338 e.